The highest BCUT2D eigenvalue weighted by Crippen LogP contribution is 2.32. The molecule has 0 radical (unpaired) electrons. The molecular formula is C14H9NO3. The van der Waals surface area contributed by atoms with Gasteiger partial charge < -0.3 is 4.74 Å². The minimum absolute atomic E-state index is 0.188. The number of rotatable bonds is 1. The van der Waals surface area contributed by atoms with Crippen LogP contribution in [0, 0.1) is 0 Å². The molecule has 0 spiro atoms. The van der Waals surface area contributed by atoms with E-state index in [0.717, 1.165) is 0 Å². The molecule has 1 aliphatic rings. The molecule has 0 saturated heterocycles. The quantitative estimate of drug-likeness (QED) is 0.650. The van der Waals surface area contributed by atoms with Crippen molar-refractivity contribution in [2.75, 3.05) is 7.11 Å². The van der Waals surface area contributed by atoms with E-state index in [1.165, 1.54) is 19.5 Å². The lowest BCUT2D eigenvalue weighted by Gasteiger charge is -2.18. The Morgan fingerprint density at radius 3 is 2.61 bits per heavy atom. The molecule has 4 nitrogen and oxygen atoms in total. The van der Waals surface area contributed by atoms with Gasteiger partial charge >= 0.3 is 0 Å². The van der Waals surface area contributed by atoms with Crippen molar-refractivity contribution in [1.29, 1.82) is 0 Å². The van der Waals surface area contributed by atoms with Gasteiger partial charge in [0.1, 0.15) is 5.75 Å². The van der Waals surface area contributed by atoms with Crippen molar-refractivity contribution in [2.45, 2.75) is 0 Å². The first-order valence-corrected chi connectivity index (χ1v) is 5.44. The maximum Gasteiger partial charge on any atom is 0.198 e. The van der Waals surface area contributed by atoms with Crippen LogP contribution in [0.4, 0.5) is 0 Å². The van der Waals surface area contributed by atoms with Crippen molar-refractivity contribution in [3.05, 3.63) is 58.9 Å². The third kappa shape index (κ3) is 1.29. The van der Waals surface area contributed by atoms with E-state index in [1.54, 1.807) is 24.3 Å². The lowest BCUT2D eigenvalue weighted by Crippen LogP contribution is -2.21. The van der Waals surface area contributed by atoms with E-state index in [9.17, 15) is 9.59 Å². The van der Waals surface area contributed by atoms with Crippen molar-refractivity contribution >= 4 is 11.6 Å². The summed E-state index contributed by atoms with van der Waals surface area (Å²) < 4.78 is 5.16. The van der Waals surface area contributed by atoms with Crippen LogP contribution in [0.2, 0.25) is 0 Å². The molecule has 18 heavy (non-hydrogen) atoms. The first-order chi connectivity index (χ1) is 8.74. The molecule has 0 saturated carbocycles. The van der Waals surface area contributed by atoms with Crippen LogP contribution in [-0.2, 0) is 0 Å². The Morgan fingerprint density at radius 2 is 1.83 bits per heavy atom. The average molecular weight is 239 g/mol. The molecule has 3 rings (SSSR count). The van der Waals surface area contributed by atoms with Crippen LogP contribution >= 0.6 is 0 Å². The van der Waals surface area contributed by atoms with Crippen LogP contribution in [-0.4, -0.2) is 23.7 Å². The molecule has 1 heterocycles. The first kappa shape index (κ1) is 10.7. The van der Waals surface area contributed by atoms with Gasteiger partial charge in [-0.25, -0.2) is 0 Å². The van der Waals surface area contributed by atoms with Gasteiger partial charge in [-0.2, -0.15) is 0 Å². The second-order valence-electron chi connectivity index (χ2n) is 3.96. The summed E-state index contributed by atoms with van der Waals surface area (Å²) in [6.07, 6.45) is 2.93. The van der Waals surface area contributed by atoms with Crippen LogP contribution in [0.15, 0.2) is 36.7 Å². The van der Waals surface area contributed by atoms with Gasteiger partial charge in [0.15, 0.2) is 11.6 Å². The maximum absolute atomic E-state index is 12.4. The predicted octanol–water partition coefficient (Wildman–Crippen LogP) is 1.87. The van der Waals surface area contributed by atoms with Crippen molar-refractivity contribution in [3.63, 3.8) is 0 Å². The fourth-order valence-electron chi connectivity index (χ4n) is 2.18. The number of methoxy groups -OCH3 is 1. The van der Waals surface area contributed by atoms with Gasteiger partial charge in [-0.05, 0) is 12.1 Å². The van der Waals surface area contributed by atoms with Crippen LogP contribution in [0.25, 0.3) is 0 Å². The number of aromatic nitrogens is 1. The Kier molecular flexibility index (Phi) is 2.23. The second-order valence-corrected chi connectivity index (χ2v) is 3.96. The number of pyridine rings is 1. The lowest BCUT2D eigenvalue weighted by atomic mass is 9.84. The SMILES string of the molecule is COc1cccc2c1C(=O)c1ccncc1C2=O. The smallest absolute Gasteiger partial charge is 0.198 e. The zero-order valence-corrected chi connectivity index (χ0v) is 9.64. The summed E-state index contributed by atoms with van der Waals surface area (Å²) in [5.74, 6) is 0.0411. The molecule has 88 valence electrons. The lowest BCUT2D eigenvalue weighted by molar-refractivity contribution is 0.0976. The summed E-state index contributed by atoms with van der Waals surface area (Å²) in [5, 5.41) is 0. The van der Waals surface area contributed by atoms with E-state index in [1.807, 2.05) is 0 Å². The largest absolute Gasteiger partial charge is 0.496 e. The molecule has 1 aliphatic carbocycles. The number of fused-ring (bicyclic) bond motifs is 2. The molecule has 0 unspecified atom stereocenters. The van der Waals surface area contributed by atoms with Gasteiger partial charge in [0.05, 0.1) is 18.2 Å². The minimum atomic E-state index is -0.195. The monoisotopic (exact) mass is 239 g/mol. The standard InChI is InChI=1S/C14H9NO3/c1-18-11-4-2-3-9-12(11)14(17)8-5-6-15-7-10(8)13(9)16/h2-7H,1H3. The number of hydrogen-bond donors (Lipinski definition) is 0. The molecule has 2 aromatic rings. The van der Waals surface area contributed by atoms with Crippen molar-refractivity contribution in [3.8, 4) is 5.75 Å². The topological polar surface area (TPSA) is 56.3 Å². The van der Waals surface area contributed by atoms with Crippen molar-refractivity contribution < 1.29 is 14.3 Å². The van der Waals surface area contributed by atoms with Crippen LogP contribution in [0.5, 0.6) is 5.75 Å². The average Bonchev–Trinajstić information content (AvgIpc) is 2.44. The first-order valence-electron chi connectivity index (χ1n) is 5.44. The Hall–Kier alpha value is -2.49. The highest BCUT2D eigenvalue weighted by atomic mass is 16.5. The highest BCUT2D eigenvalue weighted by molar-refractivity contribution is 6.29. The molecule has 0 amide bonds. The molecule has 0 atom stereocenters. The van der Waals surface area contributed by atoms with Gasteiger partial charge in [-0.1, -0.05) is 12.1 Å². The zero-order chi connectivity index (χ0) is 12.7. The van der Waals surface area contributed by atoms with Gasteiger partial charge in [-0.15, -0.1) is 0 Å². The Bertz CT molecular complexity index is 676. The molecule has 1 aromatic carbocycles. The number of benzene rings is 1. The van der Waals surface area contributed by atoms with Crippen molar-refractivity contribution in [2.24, 2.45) is 0 Å². The molecule has 4 heteroatoms. The van der Waals surface area contributed by atoms with Crippen LogP contribution < -0.4 is 4.74 Å². The molecular weight excluding hydrogens is 230 g/mol. The number of carbonyl (C=O) groups excluding carboxylic acids is 2. The zero-order valence-electron chi connectivity index (χ0n) is 9.64. The Labute approximate surface area is 103 Å². The Balaban J connectivity index is 2.34. The van der Waals surface area contributed by atoms with Gasteiger partial charge in [0.2, 0.25) is 0 Å². The second kappa shape index (κ2) is 3.77. The van der Waals surface area contributed by atoms with Crippen LogP contribution in [0.1, 0.15) is 31.8 Å². The van der Waals surface area contributed by atoms with Crippen molar-refractivity contribution in [1.82, 2.24) is 4.98 Å². The van der Waals surface area contributed by atoms with E-state index in [4.69, 9.17) is 4.74 Å². The van der Waals surface area contributed by atoms with E-state index in [2.05, 4.69) is 4.98 Å². The van der Waals surface area contributed by atoms with Crippen LogP contribution in [0.3, 0.4) is 0 Å². The van der Waals surface area contributed by atoms with E-state index in [-0.39, 0.29) is 11.6 Å². The summed E-state index contributed by atoms with van der Waals surface area (Å²) in [7, 11) is 1.48. The molecule has 0 fully saturated rings. The van der Waals surface area contributed by atoms with Gasteiger partial charge in [-0.3, -0.25) is 14.6 Å². The molecule has 0 N–H and O–H groups in total. The Morgan fingerprint density at radius 1 is 1.00 bits per heavy atom. The minimum Gasteiger partial charge on any atom is -0.496 e. The summed E-state index contributed by atoms with van der Waals surface area (Å²) in [6.45, 7) is 0. The maximum atomic E-state index is 12.4. The summed E-state index contributed by atoms with van der Waals surface area (Å²) in [4.78, 5) is 28.5. The molecule has 0 aliphatic heterocycles. The van der Waals surface area contributed by atoms with E-state index in [0.29, 0.717) is 28.0 Å². The summed E-state index contributed by atoms with van der Waals surface area (Å²) in [6, 6.07) is 6.57. The number of nitrogens with zero attached hydrogens (tertiary/aromatic N) is 1. The number of carbonyl (C=O) groups is 2. The fraction of sp³-hybridized carbons (Fsp3) is 0.0714. The normalized spacial score (nSPS) is 12.9. The highest BCUT2D eigenvalue weighted by Gasteiger charge is 2.31. The number of ketones is 2. The fourth-order valence-corrected chi connectivity index (χ4v) is 2.18. The summed E-state index contributed by atoms with van der Waals surface area (Å²) >= 11 is 0. The third-order valence-corrected chi connectivity index (χ3v) is 3.03. The summed E-state index contributed by atoms with van der Waals surface area (Å²) in [5.41, 5.74) is 1.44. The molecule has 1 aromatic heterocycles. The third-order valence-electron chi connectivity index (χ3n) is 3.03. The van der Waals surface area contributed by atoms with Gasteiger partial charge in [0.25, 0.3) is 0 Å². The predicted molar refractivity (Wildman–Crippen MR) is 64.1 cm³/mol. The van der Waals surface area contributed by atoms with Gasteiger partial charge in [0, 0.05) is 23.5 Å². The molecule has 0 bridgehead atoms. The number of hydrogen-bond acceptors (Lipinski definition) is 4. The van der Waals surface area contributed by atoms with E-state index < -0.39 is 0 Å². The van der Waals surface area contributed by atoms with E-state index >= 15 is 0 Å². The number of ether oxygens (including phenoxy) is 1.